The zero-order chi connectivity index (χ0) is 17.9. The van der Waals surface area contributed by atoms with E-state index in [9.17, 15) is 4.79 Å². The van der Waals surface area contributed by atoms with Gasteiger partial charge in [0, 0.05) is 26.5 Å². The molecule has 7 nitrogen and oxygen atoms in total. The quantitative estimate of drug-likeness (QED) is 0.854. The first-order chi connectivity index (χ1) is 12.1. The minimum absolute atomic E-state index is 0.0484. The SMILES string of the molecule is CCC[C@@]1(COC)CCCN1C(=O)N[C@@H]1CCc2nc(CC)nn2C1. The summed E-state index contributed by atoms with van der Waals surface area (Å²) in [4.78, 5) is 19.5. The second kappa shape index (κ2) is 7.72. The number of hydrogen-bond acceptors (Lipinski definition) is 4. The summed E-state index contributed by atoms with van der Waals surface area (Å²) in [7, 11) is 1.73. The average Bonchev–Trinajstić information content (AvgIpc) is 3.19. The number of rotatable bonds is 6. The summed E-state index contributed by atoms with van der Waals surface area (Å²) in [5.74, 6) is 1.94. The number of carbonyl (C=O) groups is 1. The van der Waals surface area contributed by atoms with Crippen LogP contribution in [0.25, 0.3) is 0 Å². The zero-order valence-corrected chi connectivity index (χ0v) is 15.8. The van der Waals surface area contributed by atoms with Gasteiger partial charge in [-0.05, 0) is 25.7 Å². The van der Waals surface area contributed by atoms with Crippen molar-refractivity contribution >= 4 is 6.03 Å². The van der Waals surface area contributed by atoms with Crippen LogP contribution in [0.4, 0.5) is 4.79 Å². The fourth-order valence-corrected chi connectivity index (χ4v) is 4.35. The Labute approximate surface area is 150 Å². The highest BCUT2D eigenvalue weighted by molar-refractivity contribution is 5.76. The molecule has 1 saturated heterocycles. The Balaban J connectivity index is 1.65. The van der Waals surface area contributed by atoms with Crippen LogP contribution in [-0.4, -0.2) is 57.5 Å². The van der Waals surface area contributed by atoms with Gasteiger partial charge in [0.1, 0.15) is 5.82 Å². The van der Waals surface area contributed by atoms with Crippen molar-refractivity contribution in [3.8, 4) is 0 Å². The Bertz CT molecular complexity index is 594. The number of urea groups is 1. The molecule has 2 aliphatic rings. The molecule has 7 heteroatoms. The smallest absolute Gasteiger partial charge is 0.318 e. The van der Waals surface area contributed by atoms with Crippen LogP contribution in [0, 0.1) is 0 Å². The number of aromatic nitrogens is 3. The molecule has 0 aliphatic carbocycles. The number of methoxy groups -OCH3 is 1. The molecule has 2 aliphatic heterocycles. The van der Waals surface area contributed by atoms with Crippen molar-refractivity contribution in [2.24, 2.45) is 0 Å². The van der Waals surface area contributed by atoms with E-state index in [1.807, 2.05) is 9.58 Å². The number of fused-ring (bicyclic) bond motifs is 1. The van der Waals surface area contributed by atoms with E-state index in [1.54, 1.807) is 7.11 Å². The van der Waals surface area contributed by atoms with Gasteiger partial charge in [-0.1, -0.05) is 20.3 Å². The molecule has 0 spiro atoms. The summed E-state index contributed by atoms with van der Waals surface area (Å²) < 4.78 is 7.43. The first kappa shape index (κ1) is 18.2. The fourth-order valence-electron chi connectivity index (χ4n) is 4.35. The molecule has 3 heterocycles. The lowest BCUT2D eigenvalue weighted by Gasteiger charge is -2.39. The van der Waals surface area contributed by atoms with Crippen molar-refractivity contribution in [3.05, 3.63) is 11.6 Å². The molecule has 1 fully saturated rings. The van der Waals surface area contributed by atoms with Crippen LogP contribution in [0.15, 0.2) is 0 Å². The highest BCUT2D eigenvalue weighted by Crippen LogP contribution is 2.34. The van der Waals surface area contributed by atoms with Crippen LogP contribution in [0.2, 0.25) is 0 Å². The van der Waals surface area contributed by atoms with Gasteiger partial charge in [-0.2, -0.15) is 5.10 Å². The zero-order valence-electron chi connectivity index (χ0n) is 15.8. The maximum absolute atomic E-state index is 13.0. The van der Waals surface area contributed by atoms with E-state index in [0.29, 0.717) is 13.2 Å². The van der Waals surface area contributed by atoms with Gasteiger partial charge in [-0.15, -0.1) is 0 Å². The van der Waals surface area contributed by atoms with Gasteiger partial charge < -0.3 is 15.0 Å². The van der Waals surface area contributed by atoms with Crippen molar-refractivity contribution in [3.63, 3.8) is 0 Å². The number of carbonyl (C=O) groups excluding carboxylic acids is 1. The van der Waals surface area contributed by atoms with E-state index in [0.717, 1.165) is 63.1 Å². The van der Waals surface area contributed by atoms with Gasteiger partial charge in [-0.25, -0.2) is 14.5 Å². The molecule has 0 saturated carbocycles. The van der Waals surface area contributed by atoms with Crippen LogP contribution >= 0.6 is 0 Å². The topological polar surface area (TPSA) is 72.3 Å². The minimum Gasteiger partial charge on any atom is -0.382 e. The molecule has 0 unspecified atom stereocenters. The third-order valence-corrected chi connectivity index (χ3v) is 5.52. The number of nitrogens with one attached hydrogen (secondary N) is 1. The lowest BCUT2D eigenvalue weighted by atomic mass is 9.91. The highest BCUT2D eigenvalue weighted by Gasteiger charge is 2.43. The Morgan fingerprint density at radius 2 is 2.28 bits per heavy atom. The first-order valence-corrected chi connectivity index (χ1v) is 9.61. The minimum atomic E-state index is -0.143. The molecule has 3 rings (SSSR count). The summed E-state index contributed by atoms with van der Waals surface area (Å²) in [5, 5.41) is 7.78. The van der Waals surface area contributed by atoms with Crippen LogP contribution in [-0.2, 0) is 24.1 Å². The number of aryl methyl sites for hydroxylation is 2. The van der Waals surface area contributed by atoms with E-state index in [-0.39, 0.29) is 17.6 Å². The molecule has 140 valence electrons. The Hall–Kier alpha value is -1.63. The predicted octanol–water partition coefficient (Wildman–Crippen LogP) is 2.15. The number of amides is 2. The first-order valence-electron chi connectivity index (χ1n) is 9.61. The third kappa shape index (κ3) is 3.66. The summed E-state index contributed by atoms with van der Waals surface area (Å²) in [6.07, 6.45) is 6.77. The van der Waals surface area contributed by atoms with Crippen molar-refractivity contribution in [1.82, 2.24) is 25.0 Å². The van der Waals surface area contributed by atoms with Crippen LogP contribution in [0.5, 0.6) is 0 Å². The van der Waals surface area contributed by atoms with Gasteiger partial charge in [0.25, 0.3) is 0 Å². The molecule has 0 radical (unpaired) electrons. The van der Waals surface area contributed by atoms with E-state index >= 15 is 0 Å². The maximum Gasteiger partial charge on any atom is 0.318 e. The number of ether oxygens (including phenoxy) is 1. The maximum atomic E-state index is 13.0. The monoisotopic (exact) mass is 349 g/mol. The van der Waals surface area contributed by atoms with Crippen molar-refractivity contribution in [2.75, 3.05) is 20.3 Å². The van der Waals surface area contributed by atoms with Gasteiger partial charge in [0.05, 0.1) is 24.7 Å². The number of hydrogen-bond donors (Lipinski definition) is 1. The predicted molar refractivity (Wildman–Crippen MR) is 95.5 cm³/mol. The number of likely N-dealkylation sites (tertiary alicyclic amines) is 1. The van der Waals surface area contributed by atoms with Crippen molar-refractivity contribution < 1.29 is 9.53 Å². The van der Waals surface area contributed by atoms with Gasteiger partial charge in [-0.3, -0.25) is 0 Å². The average molecular weight is 349 g/mol. The van der Waals surface area contributed by atoms with E-state index in [1.165, 1.54) is 0 Å². The van der Waals surface area contributed by atoms with Gasteiger partial charge >= 0.3 is 6.03 Å². The van der Waals surface area contributed by atoms with Crippen LogP contribution in [0.1, 0.15) is 57.6 Å². The number of nitrogens with zero attached hydrogens (tertiary/aromatic N) is 4. The second-order valence-corrected chi connectivity index (χ2v) is 7.33. The normalized spacial score (nSPS) is 25.9. The molecule has 2 amide bonds. The Kier molecular flexibility index (Phi) is 5.61. The molecular weight excluding hydrogens is 318 g/mol. The second-order valence-electron chi connectivity index (χ2n) is 7.33. The summed E-state index contributed by atoms with van der Waals surface area (Å²) in [5.41, 5.74) is -0.143. The molecule has 1 aromatic heterocycles. The molecule has 1 N–H and O–H groups in total. The van der Waals surface area contributed by atoms with Crippen molar-refractivity contribution in [1.29, 1.82) is 0 Å². The van der Waals surface area contributed by atoms with Crippen LogP contribution in [0.3, 0.4) is 0 Å². The molecule has 0 bridgehead atoms. The highest BCUT2D eigenvalue weighted by atomic mass is 16.5. The lowest BCUT2D eigenvalue weighted by Crippen LogP contribution is -2.56. The Morgan fingerprint density at radius 3 is 3.00 bits per heavy atom. The summed E-state index contributed by atoms with van der Waals surface area (Å²) in [6, 6.07) is 0.168. The van der Waals surface area contributed by atoms with Crippen molar-refractivity contribution in [2.45, 2.75) is 76.9 Å². The standard InChI is InChI=1S/C18H31N5O2/c1-4-9-18(13-25-3)10-6-11-22(18)17(24)19-14-7-8-16-20-15(5-2)21-23(16)12-14/h14H,4-13H2,1-3H3,(H,19,24)/t14-,18+/m1/s1. The summed E-state index contributed by atoms with van der Waals surface area (Å²) >= 11 is 0. The Morgan fingerprint density at radius 1 is 1.44 bits per heavy atom. The molecule has 0 aromatic carbocycles. The van der Waals surface area contributed by atoms with E-state index in [2.05, 4.69) is 29.2 Å². The van der Waals surface area contributed by atoms with E-state index < -0.39 is 0 Å². The summed E-state index contributed by atoms with van der Waals surface area (Å²) in [6.45, 7) is 6.39. The van der Waals surface area contributed by atoms with Gasteiger partial charge in [0.2, 0.25) is 0 Å². The lowest BCUT2D eigenvalue weighted by molar-refractivity contribution is 0.0489. The van der Waals surface area contributed by atoms with Crippen LogP contribution < -0.4 is 5.32 Å². The molecule has 25 heavy (non-hydrogen) atoms. The third-order valence-electron chi connectivity index (χ3n) is 5.52. The van der Waals surface area contributed by atoms with Gasteiger partial charge in [0.15, 0.2) is 5.82 Å². The van der Waals surface area contributed by atoms with E-state index in [4.69, 9.17) is 4.74 Å². The molecule has 1 aromatic rings. The molecule has 2 atom stereocenters. The molecular formula is C18H31N5O2. The fraction of sp³-hybridized carbons (Fsp3) is 0.833. The largest absolute Gasteiger partial charge is 0.382 e.